The zero-order valence-corrected chi connectivity index (χ0v) is 20.0. The lowest BCUT2D eigenvalue weighted by molar-refractivity contribution is -0.116. The number of carbonyl (C=O) groups excluding carboxylic acids is 1. The van der Waals surface area contributed by atoms with E-state index in [0.717, 1.165) is 52.5 Å². The van der Waals surface area contributed by atoms with Gasteiger partial charge in [-0.05, 0) is 73.1 Å². The van der Waals surface area contributed by atoms with Crippen molar-refractivity contribution in [2.75, 3.05) is 18.4 Å². The fraction of sp³-hybridized carbons (Fsp3) is 0.435. The van der Waals surface area contributed by atoms with Crippen LogP contribution < -0.4 is 5.32 Å². The molecule has 7 heteroatoms. The summed E-state index contributed by atoms with van der Waals surface area (Å²) < 4.78 is 27.8. The molecule has 30 heavy (non-hydrogen) atoms. The van der Waals surface area contributed by atoms with E-state index in [1.165, 1.54) is 0 Å². The second kappa shape index (κ2) is 10.1. The summed E-state index contributed by atoms with van der Waals surface area (Å²) >= 11 is 3.54. The van der Waals surface area contributed by atoms with Crippen LogP contribution in [0.3, 0.4) is 0 Å². The smallest absolute Gasteiger partial charge is 0.243 e. The highest BCUT2D eigenvalue weighted by Gasteiger charge is 2.26. The van der Waals surface area contributed by atoms with Gasteiger partial charge < -0.3 is 5.32 Å². The summed E-state index contributed by atoms with van der Waals surface area (Å²) in [5, 5.41) is 3.09. The van der Waals surface area contributed by atoms with Crippen molar-refractivity contribution in [3.8, 4) is 0 Å². The van der Waals surface area contributed by atoms with Crippen molar-refractivity contribution in [1.29, 1.82) is 0 Å². The lowest BCUT2D eigenvalue weighted by Crippen LogP contribution is -2.27. The van der Waals surface area contributed by atoms with Gasteiger partial charge in [-0.1, -0.05) is 41.9 Å². The van der Waals surface area contributed by atoms with Gasteiger partial charge in [0, 0.05) is 29.7 Å². The Hall–Kier alpha value is -1.70. The molecule has 0 bridgehead atoms. The Balaban J connectivity index is 1.63. The van der Waals surface area contributed by atoms with Gasteiger partial charge in [0.1, 0.15) is 0 Å². The molecule has 1 saturated heterocycles. The van der Waals surface area contributed by atoms with E-state index in [0.29, 0.717) is 30.8 Å². The summed E-state index contributed by atoms with van der Waals surface area (Å²) in [4.78, 5) is 12.9. The van der Waals surface area contributed by atoms with E-state index in [-0.39, 0.29) is 5.91 Å². The Labute approximate surface area is 188 Å². The van der Waals surface area contributed by atoms with Gasteiger partial charge in [0.15, 0.2) is 0 Å². The van der Waals surface area contributed by atoms with E-state index in [4.69, 9.17) is 0 Å². The molecule has 0 radical (unpaired) electrons. The van der Waals surface area contributed by atoms with Crippen LogP contribution in [0.15, 0.2) is 45.8 Å². The molecule has 1 fully saturated rings. The van der Waals surface area contributed by atoms with Crippen LogP contribution in [0.5, 0.6) is 0 Å². The van der Waals surface area contributed by atoms with Crippen LogP contribution in [-0.2, 0) is 34.1 Å². The molecule has 2 aromatic carbocycles. The first kappa shape index (κ1) is 23.0. The fourth-order valence-corrected chi connectivity index (χ4v) is 5.88. The molecule has 0 unspecified atom stereocenters. The maximum absolute atomic E-state index is 12.6. The zero-order valence-electron chi connectivity index (χ0n) is 17.6. The number of halogens is 1. The highest BCUT2D eigenvalue weighted by Crippen LogP contribution is 2.28. The number of nitrogens with zero attached hydrogens (tertiary/aromatic N) is 1. The summed E-state index contributed by atoms with van der Waals surface area (Å²) in [6.07, 6.45) is 4.44. The van der Waals surface area contributed by atoms with Crippen molar-refractivity contribution in [2.24, 2.45) is 0 Å². The molecule has 0 atom stereocenters. The molecule has 1 heterocycles. The van der Waals surface area contributed by atoms with Gasteiger partial charge in [-0.3, -0.25) is 4.79 Å². The number of anilines is 1. The average Bonchev–Trinajstić information content (AvgIpc) is 3.29. The molecule has 3 rings (SSSR count). The van der Waals surface area contributed by atoms with Gasteiger partial charge in [0.25, 0.3) is 0 Å². The molecule has 5 nitrogen and oxygen atoms in total. The average molecular weight is 493 g/mol. The van der Waals surface area contributed by atoms with E-state index < -0.39 is 10.0 Å². The van der Waals surface area contributed by atoms with Gasteiger partial charge in [0.05, 0.1) is 4.90 Å². The molecule has 162 valence electrons. The third kappa shape index (κ3) is 5.31. The largest absolute Gasteiger partial charge is 0.326 e. The second-order valence-corrected chi connectivity index (χ2v) is 10.5. The van der Waals surface area contributed by atoms with Crippen LogP contribution in [0.1, 0.15) is 49.8 Å². The summed E-state index contributed by atoms with van der Waals surface area (Å²) in [6, 6.07) is 11.0. The van der Waals surface area contributed by atoms with Crippen molar-refractivity contribution in [1.82, 2.24) is 4.31 Å². The van der Waals surface area contributed by atoms with E-state index in [9.17, 15) is 13.2 Å². The summed E-state index contributed by atoms with van der Waals surface area (Å²) in [6.45, 7) is 5.35. The predicted octanol–water partition coefficient (Wildman–Crippen LogP) is 4.93. The van der Waals surface area contributed by atoms with Crippen LogP contribution in [0.25, 0.3) is 0 Å². The molecule has 0 aromatic heterocycles. The minimum Gasteiger partial charge on any atom is -0.326 e. The first-order chi connectivity index (χ1) is 14.3. The van der Waals surface area contributed by atoms with Crippen molar-refractivity contribution < 1.29 is 13.2 Å². The standard InChI is InChI=1S/C23H29BrN2O3S/c1-3-18-15-20(24)16-19(4-2)23(18)25-22(27)12-9-17-7-10-21(11-8-17)30(28,29)26-13-5-6-14-26/h7-8,10-11,15-16H,3-6,9,12-14H2,1-2H3,(H,25,27). The monoisotopic (exact) mass is 492 g/mol. The predicted molar refractivity (Wildman–Crippen MR) is 124 cm³/mol. The van der Waals surface area contributed by atoms with E-state index in [1.807, 2.05) is 24.3 Å². The maximum Gasteiger partial charge on any atom is 0.243 e. The number of benzene rings is 2. The summed E-state index contributed by atoms with van der Waals surface area (Å²) in [5.41, 5.74) is 4.10. The van der Waals surface area contributed by atoms with Gasteiger partial charge in [0.2, 0.25) is 15.9 Å². The molecule has 1 aliphatic heterocycles. The quantitative estimate of drug-likeness (QED) is 0.567. The van der Waals surface area contributed by atoms with E-state index in [1.54, 1.807) is 16.4 Å². The molecule has 0 saturated carbocycles. The zero-order chi connectivity index (χ0) is 21.7. The maximum atomic E-state index is 12.6. The van der Waals surface area contributed by atoms with Crippen molar-refractivity contribution >= 4 is 37.5 Å². The SMILES string of the molecule is CCc1cc(Br)cc(CC)c1NC(=O)CCc1ccc(S(=O)(=O)N2CCCC2)cc1. The summed E-state index contributed by atoms with van der Waals surface area (Å²) in [5.74, 6) is -0.0320. The Morgan fingerprint density at radius 1 is 1.03 bits per heavy atom. The number of rotatable bonds is 8. The number of carbonyl (C=O) groups is 1. The van der Waals surface area contributed by atoms with Crippen molar-refractivity contribution in [3.63, 3.8) is 0 Å². The molecule has 0 aliphatic carbocycles. The topological polar surface area (TPSA) is 66.5 Å². The lowest BCUT2D eigenvalue weighted by Gasteiger charge is -2.16. The highest BCUT2D eigenvalue weighted by atomic mass is 79.9. The van der Waals surface area contributed by atoms with Crippen LogP contribution in [0, 0.1) is 0 Å². The fourth-order valence-electron chi connectivity index (χ4n) is 3.81. The highest BCUT2D eigenvalue weighted by molar-refractivity contribution is 9.10. The lowest BCUT2D eigenvalue weighted by atomic mass is 10.0. The Morgan fingerprint density at radius 3 is 2.13 bits per heavy atom. The number of aryl methyl sites for hydroxylation is 3. The van der Waals surface area contributed by atoms with Gasteiger partial charge in [-0.25, -0.2) is 8.42 Å². The molecule has 0 spiro atoms. The molecular weight excluding hydrogens is 464 g/mol. The normalized spacial score (nSPS) is 14.8. The van der Waals surface area contributed by atoms with Gasteiger partial charge in [-0.15, -0.1) is 0 Å². The molecule has 2 aromatic rings. The minimum atomic E-state index is -3.40. The van der Waals surface area contributed by atoms with Crippen molar-refractivity contribution in [3.05, 3.63) is 57.6 Å². The number of sulfonamides is 1. The number of hydrogen-bond donors (Lipinski definition) is 1. The Kier molecular flexibility index (Phi) is 7.71. The minimum absolute atomic E-state index is 0.0320. The van der Waals surface area contributed by atoms with Crippen LogP contribution in [-0.4, -0.2) is 31.7 Å². The molecule has 1 N–H and O–H groups in total. The molecule has 1 aliphatic rings. The van der Waals surface area contributed by atoms with Gasteiger partial charge in [-0.2, -0.15) is 4.31 Å². The number of nitrogens with one attached hydrogen (secondary N) is 1. The second-order valence-electron chi connectivity index (χ2n) is 7.61. The first-order valence-corrected chi connectivity index (χ1v) is 12.8. The van der Waals surface area contributed by atoms with Crippen molar-refractivity contribution in [2.45, 2.75) is 57.3 Å². The number of hydrogen-bond acceptors (Lipinski definition) is 3. The Morgan fingerprint density at radius 2 is 1.60 bits per heavy atom. The third-order valence-electron chi connectivity index (χ3n) is 5.56. The van der Waals surface area contributed by atoms with E-state index >= 15 is 0 Å². The van der Waals surface area contributed by atoms with Crippen LogP contribution in [0.4, 0.5) is 5.69 Å². The number of amides is 1. The van der Waals surface area contributed by atoms with Crippen LogP contribution in [0.2, 0.25) is 0 Å². The van der Waals surface area contributed by atoms with Gasteiger partial charge >= 0.3 is 0 Å². The molecule has 1 amide bonds. The Bertz CT molecular complexity index is 973. The molecular formula is C23H29BrN2O3S. The van der Waals surface area contributed by atoms with Crippen LogP contribution >= 0.6 is 15.9 Å². The first-order valence-electron chi connectivity index (χ1n) is 10.6. The summed E-state index contributed by atoms with van der Waals surface area (Å²) in [7, 11) is -3.40. The third-order valence-corrected chi connectivity index (χ3v) is 7.93. The van der Waals surface area contributed by atoms with E-state index in [2.05, 4.69) is 35.1 Å².